The highest BCUT2D eigenvalue weighted by atomic mass is 16.5. The van der Waals surface area contributed by atoms with Crippen LogP contribution < -0.4 is 10.5 Å². The van der Waals surface area contributed by atoms with Gasteiger partial charge in [0.1, 0.15) is 11.3 Å². The van der Waals surface area contributed by atoms with Gasteiger partial charge >= 0.3 is 5.97 Å². The maximum Gasteiger partial charge on any atom is 0.341 e. The molecule has 1 aromatic rings. The maximum atomic E-state index is 12.0. The molecular formula is C14H19NO4. The third-order valence-corrected chi connectivity index (χ3v) is 3.14. The molecule has 5 nitrogen and oxygen atoms in total. The fourth-order valence-electron chi connectivity index (χ4n) is 2.12. The van der Waals surface area contributed by atoms with Crippen LogP contribution in [0.2, 0.25) is 0 Å². The van der Waals surface area contributed by atoms with Gasteiger partial charge in [-0.3, -0.25) is 0 Å². The minimum Gasteiger partial charge on any atom is -0.496 e. The van der Waals surface area contributed by atoms with E-state index in [1.807, 2.05) is 0 Å². The van der Waals surface area contributed by atoms with Crippen molar-refractivity contribution in [1.29, 1.82) is 0 Å². The van der Waals surface area contributed by atoms with Crippen LogP contribution in [0, 0.1) is 0 Å². The largest absolute Gasteiger partial charge is 0.496 e. The van der Waals surface area contributed by atoms with Crippen molar-refractivity contribution in [3.8, 4) is 5.75 Å². The molecule has 1 aromatic carbocycles. The van der Waals surface area contributed by atoms with Crippen molar-refractivity contribution in [3.63, 3.8) is 0 Å². The van der Waals surface area contributed by atoms with E-state index in [2.05, 4.69) is 0 Å². The Morgan fingerprint density at radius 3 is 3.05 bits per heavy atom. The molecule has 1 unspecified atom stereocenters. The molecule has 0 bridgehead atoms. The standard InChI is InChI=1S/C14H19NO4/c1-17-13-5-4-10(15)9-12(13)14(16)19-8-6-11-3-2-7-18-11/h4-5,9,11H,2-3,6-8,15H2,1H3. The second-order valence-electron chi connectivity index (χ2n) is 4.52. The van der Waals surface area contributed by atoms with E-state index in [1.165, 1.54) is 7.11 Å². The van der Waals surface area contributed by atoms with Gasteiger partial charge in [0, 0.05) is 18.7 Å². The summed E-state index contributed by atoms with van der Waals surface area (Å²) in [4.78, 5) is 12.0. The molecule has 0 saturated carbocycles. The first-order valence-corrected chi connectivity index (χ1v) is 6.43. The zero-order valence-corrected chi connectivity index (χ0v) is 11.1. The second kappa shape index (κ2) is 6.43. The van der Waals surface area contributed by atoms with Crippen LogP contribution in [-0.2, 0) is 9.47 Å². The Labute approximate surface area is 112 Å². The van der Waals surface area contributed by atoms with Crippen LogP contribution in [0.3, 0.4) is 0 Å². The third-order valence-electron chi connectivity index (χ3n) is 3.14. The van der Waals surface area contributed by atoms with Crippen molar-refractivity contribution in [3.05, 3.63) is 23.8 Å². The molecule has 1 saturated heterocycles. The summed E-state index contributed by atoms with van der Waals surface area (Å²) in [5.41, 5.74) is 6.53. The van der Waals surface area contributed by atoms with Crippen LogP contribution in [0.25, 0.3) is 0 Å². The summed E-state index contributed by atoms with van der Waals surface area (Å²) in [6.07, 6.45) is 3.08. The average molecular weight is 265 g/mol. The number of rotatable bonds is 5. The van der Waals surface area contributed by atoms with E-state index in [-0.39, 0.29) is 6.10 Å². The van der Waals surface area contributed by atoms with Crippen LogP contribution >= 0.6 is 0 Å². The monoisotopic (exact) mass is 265 g/mol. The number of hydrogen-bond acceptors (Lipinski definition) is 5. The molecule has 1 aliphatic heterocycles. The van der Waals surface area contributed by atoms with Gasteiger partial charge in [-0.15, -0.1) is 0 Å². The molecule has 1 fully saturated rings. The molecule has 19 heavy (non-hydrogen) atoms. The first-order valence-electron chi connectivity index (χ1n) is 6.43. The number of carbonyl (C=O) groups excluding carboxylic acids is 1. The Hall–Kier alpha value is -1.75. The van der Waals surface area contributed by atoms with Gasteiger partial charge in [-0.05, 0) is 31.0 Å². The number of nitrogen functional groups attached to an aromatic ring is 1. The Balaban J connectivity index is 1.89. The number of anilines is 1. The summed E-state index contributed by atoms with van der Waals surface area (Å²) in [6.45, 7) is 1.16. The van der Waals surface area contributed by atoms with Gasteiger partial charge in [0.15, 0.2) is 0 Å². The van der Waals surface area contributed by atoms with E-state index in [1.54, 1.807) is 18.2 Å². The van der Waals surface area contributed by atoms with Crippen molar-refractivity contribution in [2.45, 2.75) is 25.4 Å². The summed E-state index contributed by atoms with van der Waals surface area (Å²) in [5.74, 6) is 0.0541. The lowest BCUT2D eigenvalue weighted by molar-refractivity contribution is 0.0383. The Morgan fingerprint density at radius 2 is 2.37 bits per heavy atom. The molecule has 1 atom stereocenters. The summed E-state index contributed by atoms with van der Waals surface area (Å²) in [5, 5.41) is 0. The smallest absolute Gasteiger partial charge is 0.341 e. The van der Waals surface area contributed by atoms with Crippen molar-refractivity contribution in [1.82, 2.24) is 0 Å². The van der Waals surface area contributed by atoms with Crippen molar-refractivity contribution in [2.75, 3.05) is 26.1 Å². The highest BCUT2D eigenvalue weighted by molar-refractivity contribution is 5.93. The number of benzene rings is 1. The van der Waals surface area contributed by atoms with Crippen LogP contribution in [0.5, 0.6) is 5.75 Å². The lowest BCUT2D eigenvalue weighted by atomic mass is 10.1. The summed E-state index contributed by atoms with van der Waals surface area (Å²) in [7, 11) is 1.51. The quantitative estimate of drug-likeness (QED) is 0.651. The fraction of sp³-hybridized carbons (Fsp3) is 0.500. The van der Waals surface area contributed by atoms with Crippen LogP contribution in [-0.4, -0.2) is 32.4 Å². The Morgan fingerprint density at radius 1 is 1.53 bits per heavy atom. The molecule has 104 valence electrons. The third kappa shape index (κ3) is 3.61. The van der Waals surface area contributed by atoms with Crippen molar-refractivity contribution < 1.29 is 19.0 Å². The molecule has 1 aliphatic rings. The number of methoxy groups -OCH3 is 1. The Kier molecular flexibility index (Phi) is 4.63. The Bertz CT molecular complexity index is 441. The minimum atomic E-state index is -0.415. The normalized spacial score (nSPS) is 18.3. The van der Waals surface area contributed by atoms with Crippen molar-refractivity contribution >= 4 is 11.7 Å². The summed E-state index contributed by atoms with van der Waals surface area (Å²) < 4.78 is 15.8. The molecule has 0 spiro atoms. The second-order valence-corrected chi connectivity index (χ2v) is 4.52. The van der Waals surface area contributed by atoms with Gasteiger partial charge in [-0.2, -0.15) is 0 Å². The van der Waals surface area contributed by atoms with Crippen molar-refractivity contribution in [2.24, 2.45) is 0 Å². The molecule has 0 radical (unpaired) electrons. The van der Waals surface area contributed by atoms with Crippen LogP contribution in [0.4, 0.5) is 5.69 Å². The fourth-order valence-corrected chi connectivity index (χ4v) is 2.12. The molecule has 0 aromatic heterocycles. The van der Waals surface area contributed by atoms with Gasteiger partial charge < -0.3 is 19.9 Å². The topological polar surface area (TPSA) is 70.8 Å². The lowest BCUT2D eigenvalue weighted by Gasteiger charge is -2.11. The van der Waals surface area contributed by atoms with E-state index < -0.39 is 5.97 Å². The molecule has 1 heterocycles. The highest BCUT2D eigenvalue weighted by Crippen LogP contribution is 2.22. The zero-order chi connectivity index (χ0) is 13.7. The first-order chi connectivity index (χ1) is 9.20. The average Bonchev–Trinajstić information content (AvgIpc) is 2.91. The predicted molar refractivity (Wildman–Crippen MR) is 71.3 cm³/mol. The molecule has 0 aliphatic carbocycles. The molecule has 5 heteroatoms. The molecule has 2 rings (SSSR count). The van der Waals surface area contributed by atoms with E-state index in [4.69, 9.17) is 19.9 Å². The van der Waals surface area contributed by atoms with Gasteiger partial charge in [-0.25, -0.2) is 4.79 Å². The van der Waals surface area contributed by atoms with E-state index in [9.17, 15) is 4.79 Å². The summed E-state index contributed by atoms with van der Waals surface area (Å²) in [6, 6.07) is 4.90. The van der Waals surface area contributed by atoms with Gasteiger partial charge in [0.2, 0.25) is 0 Å². The van der Waals surface area contributed by atoms with Gasteiger partial charge in [0.25, 0.3) is 0 Å². The number of ether oxygens (including phenoxy) is 3. The molecular weight excluding hydrogens is 246 g/mol. The SMILES string of the molecule is COc1ccc(N)cc1C(=O)OCCC1CCCO1. The number of carbonyl (C=O) groups is 1. The lowest BCUT2D eigenvalue weighted by Crippen LogP contribution is -2.13. The number of esters is 1. The van der Waals surface area contributed by atoms with Crippen LogP contribution in [0.15, 0.2) is 18.2 Å². The maximum absolute atomic E-state index is 12.0. The predicted octanol–water partition coefficient (Wildman–Crippen LogP) is 2.00. The number of hydrogen-bond donors (Lipinski definition) is 1. The van der Waals surface area contributed by atoms with Gasteiger partial charge in [-0.1, -0.05) is 0 Å². The van der Waals surface area contributed by atoms with E-state index in [0.717, 1.165) is 25.9 Å². The summed E-state index contributed by atoms with van der Waals surface area (Å²) >= 11 is 0. The zero-order valence-electron chi connectivity index (χ0n) is 11.1. The number of nitrogens with two attached hydrogens (primary N) is 1. The van der Waals surface area contributed by atoms with Gasteiger partial charge in [0.05, 0.1) is 19.8 Å². The molecule has 2 N–H and O–H groups in total. The van der Waals surface area contributed by atoms with E-state index in [0.29, 0.717) is 23.6 Å². The highest BCUT2D eigenvalue weighted by Gasteiger charge is 2.18. The first kappa shape index (κ1) is 13.7. The minimum absolute atomic E-state index is 0.218. The molecule has 0 amide bonds. The van der Waals surface area contributed by atoms with Crippen LogP contribution in [0.1, 0.15) is 29.6 Å². The van der Waals surface area contributed by atoms with E-state index >= 15 is 0 Å².